The standard InChI is InChI=1S/C31H18N6S/c1-2-6-27-21(4-1)22-7-8-25-28(30(22)38-27)29-26(5-3-13-34-29)37(25)31-35-23(19-9-14-32-15-10-19)18-24(36-31)20-11-16-33-17-12-20/h1-18H. The first-order valence-corrected chi connectivity index (χ1v) is 13.1. The second kappa shape index (κ2) is 8.26. The maximum atomic E-state index is 5.08. The van der Waals surface area contributed by atoms with E-state index in [0.717, 1.165) is 44.5 Å². The molecule has 0 aliphatic rings. The number of nitrogens with zero attached hydrogens (tertiary/aromatic N) is 6. The third-order valence-electron chi connectivity index (χ3n) is 6.90. The largest absolute Gasteiger partial charge is 0.276 e. The topological polar surface area (TPSA) is 69.4 Å². The highest BCUT2D eigenvalue weighted by Gasteiger charge is 2.20. The van der Waals surface area contributed by atoms with E-state index in [1.807, 2.05) is 42.6 Å². The van der Waals surface area contributed by atoms with Crippen molar-refractivity contribution in [2.75, 3.05) is 0 Å². The minimum atomic E-state index is 0.597. The Labute approximate surface area is 220 Å². The zero-order valence-corrected chi connectivity index (χ0v) is 20.8. The van der Waals surface area contributed by atoms with Crippen LogP contribution >= 0.6 is 11.3 Å². The van der Waals surface area contributed by atoms with E-state index in [9.17, 15) is 0 Å². The normalized spacial score (nSPS) is 11.7. The molecule has 6 nitrogen and oxygen atoms in total. The molecule has 0 spiro atoms. The van der Waals surface area contributed by atoms with Gasteiger partial charge in [0.25, 0.3) is 0 Å². The molecular weight excluding hydrogens is 488 g/mol. The Morgan fingerprint density at radius 3 is 2.05 bits per heavy atom. The highest BCUT2D eigenvalue weighted by Crippen LogP contribution is 2.42. The van der Waals surface area contributed by atoms with Gasteiger partial charge in [-0.25, -0.2) is 9.97 Å². The van der Waals surface area contributed by atoms with Crippen molar-refractivity contribution in [1.82, 2.24) is 29.5 Å². The Kier molecular flexibility index (Phi) is 4.59. The zero-order valence-electron chi connectivity index (χ0n) is 20.0. The summed E-state index contributed by atoms with van der Waals surface area (Å²) in [5.74, 6) is 0.597. The fourth-order valence-electron chi connectivity index (χ4n) is 5.18. The molecule has 0 amide bonds. The van der Waals surface area contributed by atoms with Crippen molar-refractivity contribution in [3.8, 4) is 28.5 Å². The first-order chi connectivity index (χ1) is 18.8. The van der Waals surface area contributed by atoms with Crippen molar-refractivity contribution in [3.63, 3.8) is 0 Å². The molecular formula is C31H18N6S. The van der Waals surface area contributed by atoms with Gasteiger partial charge in [0, 0.05) is 67.7 Å². The summed E-state index contributed by atoms with van der Waals surface area (Å²) < 4.78 is 4.63. The molecule has 0 bridgehead atoms. The van der Waals surface area contributed by atoms with Crippen LogP contribution in [0.2, 0.25) is 0 Å². The molecule has 0 aliphatic heterocycles. The van der Waals surface area contributed by atoms with Gasteiger partial charge in [-0.2, -0.15) is 0 Å². The van der Waals surface area contributed by atoms with E-state index in [-0.39, 0.29) is 0 Å². The Morgan fingerprint density at radius 1 is 0.605 bits per heavy atom. The molecule has 0 N–H and O–H groups in total. The van der Waals surface area contributed by atoms with E-state index < -0.39 is 0 Å². The average molecular weight is 507 g/mol. The van der Waals surface area contributed by atoms with Crippen molar-refractivity contribution < 1.29 is 0 Å². The van der Waals surface area contributed by atoms with Gasteiger partial charge in [0.05, 0.1) is 27.9 Å². The summed E-state index contributed by atoms with van der Waals surface area (Å²) in [6.07, 6.45) is 8.99. The van der Waals surface area contributed by atoms with Crippen LogP contribution < -0.4 is 0 Å². The van der Waals surface area contributed by atoms with E-state index in [1.165, 1.54) is 20.2 Å². The van der Waals surface area contributed by atoms with Gasteiger partial charge >= 0.3 is 0 Å². The fourth-order valence-corrected chi connectivity index (χ4v) is 6.43. The molecule has 6 aromatic heterocycles. The van der Waals surface area contributed by atoms with Crippen LogP contribution in [0.1, 0.15) is 0 Å². The van der Waals surface area contributed by atoms with Crippen LogP contribution in [-0.2, 0) is 0 Å². The smallest absolute Gasteiger partial charge is 0.235 e. The van der Waals surface area contributed by atoms with Crippen LogP contribution in [0.5, 0.6) is 0 Å². The monoisotopic (exact) mass is 506 g/mol. The highest BCUT2D eigenvalue weighted by atomic mass is 32.1. The molecule has 0 radical (unpaired) electrons. The summed E-state index contributed by atoms with van der Waals surface area (Å²) in [4.78, 5) is 23.4. The van der Waals surface area contributed by atoms with Crippen molar-refractivity contribution in [3.05, 3.63) is 110 Å². The number of benzene rings is 2. The Morgan fingerprint density at radius 2 is 1.32 bits per heavy atom. The third kappa shape index (κ3) is 3.16. The van der Waals surface area contributed by atoms with Gasteiger partial charge in [0.15, 0.2) is 0 Å². The number of pyridine rings is 3. The molecule has 0 atom stereocenters. The SMILES string of the molecule is c1ccc2c(c1)sc1c2ccc2c1c1ncccc1n2-c1nc(-c2ccncc2)cc(-c2ccncc2)n1. The second-order valence-electron chi connectivity index (χ2n) is 9.05. The minimum absolute atomic E-state index is 0.597. The van der Waals surface area contributed by atoms with Crippen LogP contribution in [-0.4, -0.2) is 29.5 Å². The van der Waals surface area contributed by atoms with Gasteiger partial charge in [-0.15, -0.1) is 11.3 Å². The summed E-state index contributed by atoms with van der Waals surface area (Å²) in [5, 5.41) is 3.64. The lowest BCUT2D eigenvalue weighted by atomic mass is 10.1. The van der Waals surface area contributed by atoms with Crippen molar-refractivity contribution >= 4 is 53.4 Å². The van der Waals surface area contributed by atoms with Crippen molar-refractivity contribution in [1.29, 1.82) is 0 Å². The van der Waals surface area contributed by atoms with Crippen LogP contribution in [0.4, 0.5) is 0 Å². The molecule has 0 fully saturated rings. The summed E-state index contributed by atoms with van der Waals surface area (Å²) in [7, 11) is 0. The fraction of sp³-hybridized carbons (Fsp3) is 0. The molecule has 2 aromatic carbocycles. The first kappa shape index (κ1) is 21.1. The van der Waals surface area contributed by atoms with Crippen LogP contribution in [0.25, 0.3) is 70.6 Å². The number of thiophene rings is 1. The lowest BCUT2D eigenvalue weighted by Gasteiger charge is -2.11. The predicted octanol–water partition coefficient (Wildman–Crippen LogP) is 7.46. The first-order valence-electron chi connectivity index (χ1n) is 12.2. The number of hydrogen-bond acceptors (Lipinski definition) is 6. The van der Waals surface area contributed by atoms with Gasteiger partial charge in [0.2, 0.25) is 5.95 Å². The molecule has 8 rings (SSSR count). The molecule has 178 valence electrons. The highest BCUT2D eigenvalue weighted by molar-refractivity contribution is 7.26. The number of hydrogen-bond donors (Lipinski definition) is 0. The number of fused-ring (bicyclic) bond motifs is 7. The lowest BCUT2D eigenvalue weighted by molar-refractivity contribution is 0.994. The van der Waals surface area contributed by atoms with E-state index >= 15 is 0 Å². The van der Waals surface area contributed by atoms with Crippen LogP contribution in [0.15, 0.2) is 110 Å². The van der Waals surface area contributed by atoms with Crippen LogP contribution in [0, 0.1) is 0 Å². The second-order valence-corrected chi connectivity index (χ2v) is 10.1. The molecule has 0 saturated carbocycles. The third-order valence-corrected chi connectivity index (χ3v) is 8.10. The van der Waals surface area contributed by atoms with Gasteiger partial charge in [0.1, 0.15) is 0 Å². The number of rotatable bonds is 3. The zero-order chi connectivity index (χ0) is 25.1. The van der Waals surface area contributed by atoms with Gasteiger partial charge in [-0.05, 0) is 54.6 Å². The van der Waals surface area contributed by atoms with E-state index in [1.54, 1.807) is 36.1 Å². The summed E-state index contributed by atoms with van der Waals surface area (Å²) in [6, 6.07) is 26.9. The molecule has 6 heterocycles. The van der Waals surface area contributed by atoms with Crippen molar-refractivity contribution in [2.24, 2.45) is 0 Å². The van der Waals surface area contributed by atoms with Crippen LogP contribution in [0.3, 0.4) is 0 Å². The lowest BCUT2D eigenvalue weighted by Crippen LogP contribution is -2.04. The summed E-state index contributed by atoms with van der Waals surface area (Å²) >= 11 is 1.81. The average Bonchev–Trinajstić information content (AvgIpc) is 3.53. The predicted molar refractivity (Wildman–Crippen MR) is 154 cm³/mol. The molecule has 0 unspecified atom stereocenters. The Hall–Kier alpha value is -5.01. The van der Waals surface area contributed by atoms with E-state index in [0.29, 0.717) is 5.95 Å². The van der Waals surface area contributed by atoms with E-state index in [4.69, 9.17) is 15.0 Å². The summed E-state index contributed by atoms with van der Waals surface area (Å²) in [6.45, 7) is 0. The van der Waals surface area contributed by atoms with E-state index in [2.05, 4.69) is 57.0 Å². The minimum Gasteiger partial charge on any atom is -0.276 e. The molecule has 0 saturated heterocycles. The summed E-state index contributed by atoms with van der Waals surface area (Å²) in [5.41, 5.74) is 6.56. The maximum absolute atomic E-state index is 5.08. The van der Waals surface area contributed by atoms with Gasteiger partial charge in [-0.1, -0.05) is 24.3 Å². The van der Waals surface area contributed by atoms with Gasteiger partial charge < -0.3 is 0 Å². The molecule has 38 heavy (non-hydrogen) atoms. The van der Waals surface area contributed by atoms with Crippen molar-refractivity contribution in [2.45, 2.75) is 0 Å². The molecule has 0 aliphatic carbocycles. The molecule has 7 heteroatoms. The molecule has 8 aromatic rings. The Balaban J connectivity index is 1.49. The quantitative estimate of drug-likeness (QED) is 0.249. The number of aromatic nitrogens is 6. The maximum Gasteiger partial charge on any atom is 0.235 e. The Bertz CT molecular complexity index is 2070. The van der Waals surface area contributed by atoms with Gasteiger partial charge in [-0.3, -0.25) is 19.5 Å².